The van der Waals surface area contributed by atoms with E-state index in [1.54, 1.807) is 0 Å². The van der Waals surface area contributed by atoms with Crippen LogP contribution in [-0.4, -0.2) is 21.1 Å². The Morgan fingerprint density at radius 3 is 2.85 bits per heavy atom. The second-order valence-corrected chi connectivity index (χ2v) is 6.51. The van der Waals surface area contributed by atoms with Gasteiger partial charge in [0.1, 0.15) is 6.33 Å². The number of aromatic amines is 1. The Labute approximate surface area is 175 Å². The number of nitrogens with one attached hydrogen (secondary N) is 2. The van der Waals surface area contributed by atoms with Crippen LogP contribution in [0.1, 0.15) is 29.5 Å². The van der Waals surface area contributed by atoms with E-state index in [0.29, 0.717) is 12.5 Å². The van der Waals surface area contributed by atoms with Crippen molar-refractivity contribution in [2.75, 3.05) is 5.32 Å². The second kappa shape index (κ2) is 8.98. The van der Waals surface area contributed by atoms with E-state index >= 15 is 0 Å². The van der Waals surface area contributed by atoms with Gasteiger partial charge in [-0.2, -0.15) is 5.10 Å². The normalized spacial score (nSPS) is 13.6. The van der Waals surface area contributed by atoms with Crippen LogP contribution in [0.25, 0.3) is 11.4 Å². The lowest BCUT2D eigenvalue weighted by atomic mass is 9.90. The number of aryl methyl sites for hydroxylation is 1. The van der Waals surface area contributed by atoms with Crippen molar-refractivity contribution in [3.05, 3.63) is 65.5 Å². The van der Waals surface area contributed by atoms with E-state index in [1.165, 1.54) is 30.3 Å². The van der Waals surface area contributed by atoms with Gasteiger partial charge in [-0.3, -0.25) is 5.10 Å². The highest BCUT2D eigenvalue weighted by Crippen LogP contribution is 2.27. The number of aliphatic imine (C=N–C) groups is 1. The van der Waals surface area contributed by atoms with Gasteiger partial charge in [0, 0.05) is 11.3 Å². The molecular weight excluding hydrogens is 451 g/mol. The number of nitrogens with zero attached hydrogens (tertiary/aromatic N) is 3. The molecule has 0 spiro atoms. The van der Waals surface area contributed by atoms with Crippen molar-refractivity contribution in [2.24, 2.45) is 10.7 Å². The van der Waals surface area contributed by atoms with Crippen LogP contribution in [0.4, 0.5) is 5.69 Å². The number of aromatic nitrogens is 3. The monoisotopic (exact) mass is 474 g/mol. The van der Waals surface area contributed by atoms with Crippen molar-refractivity contribution in [3.63, 3.8) is 0 Å². The predicted octanol–water partition coefficient (Wildman–Crippen LogP) is 3.90. The molecule has 4 N–H and O–H groups in total. The standard InChI is InChI=1S/C20H22N6.HI/c21-20(25-18-10-4-7-15-6-1-2-9-17(15)18)22-12-14-5-3-8-16(11-14)19-23-13-24-26-19;/h3-5,7-8,10-11,13H,1-2,6,9,12H2,(H3,21,22,25)(H,23,24,26);1H. The van der Waals surface area contributed by atoms with Gasteiger partial charge >= 0.3 is 0 Å². The van der Waals surface area contributed by atoms with Gasteiger partial charge in [-0.1, -0.05) is 30.3 Å². The Morgan fingerprint density at radius 1 is 1.15 bits per heavy atom. The number of nitrogens with two attached hydrogens (primary N) is 1. The number of hydrogen-bond acceptors (Lipinski definition) is 3. The maximum absolute atomic E-state index is 6.13. The topological polar surface area (TPSA) is 92.0 Å². The number of H-pyrrole nitrogens is 1. The second-order valence-electron chi connectivity index (χ2n) is 6.51. The molecule has 0 bridgehead atoms. The summed E-state index contributed by atoms with van der Waals surface area (Å²) in [6, 6.07) is 14.4. The third kappa shape index (κ3) is 4.65. The van der Waals surface area contributed by atoms with Crippen molar-refractivity contribution >= 4 is 35.6 Å². The maximum atomic E-state index is 6.13. The molecule has 0 saturated carbocycles. The first-order chi connectivity index (χ1) is 12.8. The van der Waals surface area contributed by atoms with E-state index in [9.17, 15) is 0 Å². The molecule has 2 aromatic carbocycles. The lowest BCUT2D eigenvalue weighted by molar-refractivity contribution is 0.687. The molecule has 6 nitrogen and oxygen atoms in total. The first-order valence-corrected chi connectivity index (χ1v) is 8.92. The number of fused-ring (bicyclic) bond motifs is 1. The summed E-state index contributed by atoms with van der Waals surface area (Å²) in [5.74, 6) is 1.19. The Kier molecular flexibility index (Phi) is 6.44. The summed E-state index contributed by atoms with van der Waals surface area (Å²) in [6.45, 7) is 0.510. The molecule has 0 unspecified atom stereocenters. The summed E-state index contributed by atoms with van der Waals surface area (Å²) in [5.41, 5.74) is 12.1. The van der Waals surface area contributed by atoms with Crippen LogP contribution >= 0.6 is 24.0 Å². The number of anilines is 1. The molecular formula is C20H23IN6. The number of rotatable bonds is 4. The highest BCUT2D eigenvalue weighted by Gasteiger charge is 2.13. The van der Waals surface area contributed by atoms with Crippen LogP contribution in [0.3, 0.4) is 0 Å². The van der Waals surface area contributed by atoms with E-state index in [0.717, 1.165) is 35.5 Å². The fourth-order valence-electron chi connectivity index (χ4n) is 3.41. The molecule has 0 fully saturated rings. The van der Waals surface area contributed by atoms with Gasteiger partial charge < -0.3 is 11.1 Å². The summed E-state index contributed by atoms with van der Waals surface area (Å²) < 4.78 is 0. The van der Waals surface area contributed by atoms with Gasteiger partial charge in [0.05, 0.1) is 6.54 Å². The molecule has 7 heteroatoms. The molecule has 0 saturated heterocycles. The zero-order valence-corrected chi connectivity index (χ0v) is 17.3. The highest BCUT2D eigenvalue weighted by molar-refractivity contribution is 14.0. The molecule has 4 rings (SSSR count). The van der Waals surface area contributed by atoms with E-state index < -0.39 is 0 Å². The summed E-state index contributed by atoms with van der Waals surface area (Å²) in [5, 5.41) is 10.0. The highest BCUT2D eigenvalue weighted by atomic mass is 127. The third-order valence-electron chi connectivity index (χ3n) is 4.71. The summed E-state index contributed by atoms with van der Waals surface area (Å²) in [4.78, 5) is 8.68. The van der Waals surface area contributed by atoms with Crippen LogP contribution in [0.15, 0.2) is 53.8 Å². The fourth-order valence-corrected chi connectivity index (χ4v) is 3.41. The van der Waals surface area contributed by atoms with Gasteiger partial charge in [-0.05, 0) is 54.5 Å². The largest absolute Gasteiger partial charge is 0.370 e. The van der Waals surface area contributed by atoms with Crippen molar-refractivity contribution in [3.8, 4) is 11.4 Å². The molecule has 140 valence electrons. The minimum atomic E-state index is 0. The number of hydrogen-bond donors (Lipinski definition) is 3. The lowest BCUT2D eigenvalue weighted by Crippen LogP contribution is -2.24. The summed E-state index contributed by atoms with van der Waals surface area (Å²) in [6.07, 6.45) is 6.25. The fraction of sp³-hybridized carbons (Fsp3) is 0.250. The van der Waals surface area contributed by atoms with E-state index in [2.05, 4.69) is 43.7 Å². The molecule has 1 heterocycles. The van der Waals surface area contributed by atoms with Crippen molar-refractivity contribution in [1.29, 1.82) is 0 Å². The predicted molar refractivity (Wildman–Crippen MR) is 119 cm³/mol. The first-order valence-electron chi connectivity index (χ1n) is 8.92. The number of guanidine groups is 1. The molecule has 0 atom stereocenters. The van der Waals surface area contributed by atoms with Crippen molar-refractivity contribution < 1.29 is 0 Å². The number of halogens is 1. The molecule has 1 aromatic heterocycles. The molecule has 0 aliphatic heterocycles. The Morgan fingerprint density at radius 2 is 2.00 bits per heavy atom. The van der Waals surface area contributed by atoms with Crippen molar-refractivity contribution in [1.82, 2.24) is 15.2 Å². The summed E-state index contributed by atoms with van der Waals surface area (Å²) in [7, 11) is 0. The Hall–Kier alpha value is -2.42. The molecule has 1 aliphatic rings. The zero-order valence-electron chi connectivity index (χ0n) is 15.0. The molecule has 27 heavy (non-hydrogen) atoms. The third-order valence-corrected chi connectivity index (χ3v) is 4.71. The number of benzene rings is 2. The van der Waals surface area contributed by atoms with Crippen LogP contribution in [-0.2, 0) is 19.4 Å². The quantitative estimate of drug-likeness (QED) is 0.304. The van der Waals surface area contributed by atoms with Crippen molar-refractivity contribution in [2.45, 2.75) is 32.2 Å². The zero-order chi connectivity index (χ0) is 17.8. The van der Waals surface area contributed by atoms with Gasteiger partial charge in [0.2, 0.25) is 0 Å². The smallest absolute Gasteiger partial charge is 0.193 e. The molecule has 0 radical (unpaired) electrons. The van der Waals surface area contributed by atoms with E-state index in [1.807, 2.05) is 24.3 Å². The minimum Gasteiger partial charge on any atom is -0.370 e. The van der Waals surface area contributed by atoms with Gasteiger partial charge in [-0.15, -0.1) is 24.0 Å². The minimum absolute atomic E-state index is 0. The average Bonchev–Trinajstić information content (AvgIpc) is 3.22. The van der Waals surface area contributed by atoms with Crippen LogP contribution in [0.5, 0.6) is 0 Å². The van der Waals surface area contributed by atoms with Crippen LogP contribution in [0.2, 0.25) is 0 Å². The van der Waals surface area contributed by atoms with E-state index in [4.69, 9.17) is 5.73 Å². The molecule has 3 aromatic rings. The van der Waals surface area contributed by atoms with E-state index in [-0.39, 0.29) is 24.0 Å². The molecule has 0 amide bonds. The van der Waals surface area contributed by atoms with Gasteiger partial charge in [0.15, 0.2) is 11.8 Å². The summed E-state index contributed by atoms with van der Waals surface area (Å²) >= 11 is 0. The Bertz CT molecular complexity index is 920. The SMILES string of the molecule is I.NC(=NCc1cccc(-c2ncn[nH]2)c1)Nc1cccc2c1CCCC2. The van der Waals surface area contributed by atoms with Gasteiger partial charge in [0.25, 0.3) is 0 Å². The lowest BCUT2D eigenvalue weighted by Gasteiger charge is -2.19. The average molecular weight is 474 g/mol. The van der Waals surface area contributed by atoms with Crippen LogP contribution < -0.4 is 11.1 Å². The maximum Gasteiger partial charge on any atom is 0.193 e. The van der Waals surface area contributed by atoms with Crippen LogP contribution in [0, 0.1) is 0 Å². The Balaban J connectivity index is 0.00000210. The van der Waals surface area contributed by atoms with Gasteiger partial charge in [-0.25, -0.2) is 9.98 Å². The first kappa shape index (κ1) is 19.3. The molecule has 1 aliphatic carbocycles.